The largest absolute Gasteiger partial charge is 0.493 e. The molecule has 0 spiro atoms. The highest BCUT2D eigenvalue weighted by atomic mass is 127. The van der Waals surface area contributed by atoms with Crippen molar-refractivity contribution >= 4 is 29.9 Å². The lowest BCUT2D eigenvalue weighted by Gasteiger charge is -2.15. The molecule has 1 aromatic heterocycles. The predicted octanol–water partition coefficient (Wildman–Crippen LogP) is 2.80. The SMILES string of the molecule is CN=C(NCc1cc(OC)c(OC)c(OC)c1)NCc1nc(C)c(C)o1.I. The standard InChI is InChI=1S/C18H26N4O4.HI/c1-11-12(2)26-16(22-11)10-21-18(19-3)20-9-13-7-14(23-4)17(25-6)15(8-13)24-5;/h7-8H,9-10H2,1-6H3,(H2,19,20,21);1H. The zero-order valence-electron chi connectivity index (χ0n) is 16.5. The minimum Gasteiger partial charge on any atom is -0.493 e. The quantitative estimate of drug-likeness (QED) is 0.351. The lowest BCUT2D eigenvalue weighted by atomic mass is 10.2. The highest BCUT2D eigenvalue weighted by Gasteiger charge is 2.13. The van der Waals surface area contributed by atoms with Crippen molar-refractivity contribution in [1.29, 1.82) is 0 Å². The van der Waals surface area contributed by atoms with Gasteiger partial charge in [-0.15, -0.1) is 24.0 Å². The second kappa shape index (κ2) is 10.9. The van der Waals surface area contributed by atoms with Gasteiger partial charge in [0.15, 0.2) is 17.5 Å². The maximum Gasteiger partial charge on any atom is 0.214 e. The summed E-state index contributed by atoms with van der Waals surface area (Å²) >= 11 is 0. The number of rotatable bonds is 7. The molecule has 2 aromatic rings. The Morgan fingerprint density at radius 1 is 1.04 bits per heavy atom. The fourth-order valence-corrected chi connectivity index (χ4v) is 2.42. The zero-order chi connectivity index (χ0) is 19.1. The highest BCUT2D eigenvalue weighted by Crippen LogP contribution is 2.38. The van der Waals surface area contributed by atoms with Crippen LogP contribution in [0.1, 0.15) is 22.9 Å². The van der Waals surface area contributed by atoms with E-state index in [1.165, 1.54) is 0 Å². The summed E-state index contributed by atoms with van der Waals surface area (Å²) in [6.45, 7) is 4.78. The molecule has 0 unspecified atom stereocenters. The molecule has 0 fully saturated rings. The molecule has 0 aliphatic rings. The van der Waals surface area contributed by atoms with E-state index in [1.54, 1.807) is 28.4 Å². The fourth-order valence-electron chi connectivity index (χ4n) is 2.42. The van der Waals surface area contributed by atoms with Crippen molar-refractivity contribution in [2.45, 2.75) is 26.9 Å². The van der Waals surface area contributed by atoms with E-state index in [0.29, 0.717) is 42.2 Å². The number of nitrogens with zero attached hydrogens (tertiary/aromatic N) is 2. The normalized spacial score (nSPS) is 10.8. The Labute approximate surface area is 176 Å². The van der Waals surface area contributed by atoms with Crippen LogP contribution in [0.25, 0.3) is 0 Å². The molecule has 150 valence electrons. The maximum atomic E-state index is 5.55. The number of guanidine groups is 1. The van der Waals surface area contributed by atoms with Gasteiger partial charge in [-0.3, -0.25) is 4.99 Å². The van der Waals surface area contributed by atoms with Gasteiger partial charge in [-0.1, -0.05) is 0 Å². The minimum atomic E-state index is 0. The smallest absolute Gasteiger partial charge is 0.214 e. The monoisotopic (exact) mass is 490 g/mol. The molecule has 0 bridgehead atoms. The fraction of sp³-hybridized carbons (Fsp3) is 0.444. The third-order valence-corrected chi connectivity index (χ3v) is 3.89. The van der Waals surface area contributed by atoms with Gasteiger partial charge in [0.1, 0.15) is 5.76 Å². The van der Waals surface area contributed by atoms with Gasteiger partial charge in [0.2, 0.25) is 11.6 Å². The molecule has 0 amide bonds. The summed E-state index contributed by atoms with van der Waals surface area (Å²) in [4.78, 5) is 8.54. The van der Waals surface area contributed by atoms with Crippen molar-refractivity contribution in [2.75, 3.05) is 28.4 Å². The summed E-state index contributed by atoms with van der Waals surface area (Å²) in [5.41, 5.74) is 1.85. The van der Waals surface area contributed by atoms with Crippen LogP contribution in [0.5, 0.6) is 17.2 Å². The van der Waals surface area contributed by atoms with Crippen molar-refractivity contribution in [3.05, 3.63) is 35.0 Å². The van der Waals surface area contributed by atoms with Crippen LogP contribution in [0.3, 0.4) is 0 Å². The summed E-state index contributed by atoms with van der Waals surface area (Å²) in [7, 11) is 6.47. The molecule has 8 nitrogen and oxygen atoms in total. The molecule has 1 heterocycles. The van der Waals surface area contributed by atoms with Crippen LogP contribution >= 0.6 is 24.0 Å². The van der Waals surface area contributed by atoms with E-state index in [1.807, 2.05) is 26.0 Å². The van der Waals surface area contributed by atoms with Crippen LogP contribution in [0.15, 0.2) is 21.5 Å². The van der Waals surface area contributed by atoms with Crippen molar-refractivity contribution in [1.82, 2.24) is 15.6 Å². The Morgan fingerprint density at radius 2 is 1.63 bits per heavy atom. The van der Waals surface area contributed by atoms with Gasteiger partial charge in [-0.2, -0.15) is 0 Å². The Morgan fingerprint density at radius 3 is 2.07 bits per heavy atom. The van der Waals surface area contributed by atoms with Crippen LogP contribution in [0, 0.1) is 13.8 Å². The number of methoxy groups -OCH3 is 3. The molecule has 0 aliphatic heterocycles. The first-order valence-corrected chi connectivity index (χ1v) is 8.18. The second-order valence-electron chi connectivity index (χ2n) is 5.56. The number of hydrogen-bond acceptors (Lipinski definition) is 6. The zero-order valence-corrected chi connectivity index (χ0v) is 18.8. The molecule has 0 aliphatic carbocycles. The molecule has 27 heavy (non-hydrogen) atoms. The first kappa shape index (κ1) is 22.9. The van der Waals surface area contributed by atoms with E-state index in [2.05, 4.69) is 20.6 Å². The van der Waals surface area contributed by atoms with Gasteiger partial charge in [0.25, 0.3) is 0 Å². The summed E-state index contributed by atoms with van der Waals surface area (Å²) in [5, 5.41) is 6.41. The van der Waals surface area contributed by atoms with Gasteiger partial charge in [-0.05, 0) is 31.5 Å². The number of halogens is 1. The Kier molecular flexibility index (Phi) is 9.19. The molecule has 2 N–H and O–H groups in total. The number of oxazole rings is 1. The molecule has 1 aromatic carbocycles. The Bertz CT molecular complexity index is 732. The summed E-state index contributed by atoms with van der Waals surface area (Å²) < 4.78 is 21.6. The van der Waals surface area contributed by atoms with Crippen LogP contribution in [0.4, 0.5) is 0 Å². The Balaban J connectivity index is 0.00000364. The first-order valence-electron chi connectivity index (χ1n) is 8.18. The van der Waals surface area contributed by atoms with E-state index in [-0.39, 0.29) is 24.0 Å². The third kappa shape index (κ3) is 5.91. The average Bonchev–Trinajstić information content (AvgIpc) is 2.98. The lowest BCUT2D eigenvalue weighted by Crippen LogP contribution is -2.36. The molecule has 0 saturated carbocycles. The van der Waals surface area contributed by atoms with E-state index >= 15 is 0 Å². The number of hydrogen-bond donors (Lipinski definition) is 2. The second-order valence-corrected chi connectivity index (χ2v) is 5.56. The van der Waals surface area contributed by atoms with E-state index in [9.17, 15) is 0 Å². The minimum absolute atomic E-state index is 0. The van der Waals surface area contributed by atoms with E-state index in [4.69, 9.17) is 18.6 Å². The number of benzene rings is 1. The number of ether oxygens (including phenoxy) is 3. The number of aromatic nitrogens is 1. The maximum absolute atomic E-state index is 5.55. The first-order chi connectivity index (χ1) is 12.5. The topological polar surface area (TPSA) is 90.1 Å². The molecule has 0 atom stereocenters. The van der Waals surface area contributed by atoms with Gasteiger partial charge in [-0.25, -0.2) is 4.98 Å². The van der Waals surface area contributed by atoms with Crippen molar-refractivity contribution in [3.63, 3.8) is 0 Å². The van der Waals surface area contributed by atoms with Crippen LogP contribution in [-0.2, 0) is 13.1 Å². The molecular weight excluding hydrogens is 463 g/mol. The predicted molar refractivity (Wildman–Crippen MR) is 115 cm³/mol. The van der Waals surface area contributed by atoms with Crippen LogP contribution in [-0.4, -0.2) is 39.3 Å². The molecule has 9 heteroatoms. The van der Waals surface area contributed by atoms with Gasteiger partial charge < -0.3 is 29.3 Å². The van der Waals surface area contributed by atoms with Crippen molar-refractivity contribution < 1.29 is 18.6 Å². The summed E-state index contributed by atoms with van der Waals surface area (Å²) in [5.74, 6) is 3.86. The van der Waals surface area contributed by atoms with Crippen molar-refractivity contribution in [3.8, 4) is 17.2 Å². The van der Waals surface area contributed by atoms with E-state index in [0.717, 1.165) is 17.0 Å². The molecular formula is C18H27IN4O4. The molecule has 2 rings (SSSR count). The van der Waals surface area contributed by atoms with Crippen molar-refractivity contribution in [2.24, 2.45) is 4.99 Å². The average molecular weight is 490 g/mol. The van der Waals surface area contributed by atoms with Crippen LogP contribution < -0.4 is 24.8 Å². The van der Waals surface area contributed by atoms with E-state index < -0.39 is 0 Å². The number of nitrogens with one attached hydrogen (secondary N) is 2. The Hall–Kier alpha value is -2.17. The number of aryl methyl sites for hydroxylation is 2. The van der Waals surface area contributed by atoms with Crippen LogP contribution in [0.2, 0.25) is 0 Å². The third-order valence-electron chi connectivity index (χ3n) is 3.89. The van der Waals surface area contributed by atoms with Gasteiger partial charge in [0, 0.05) is 13.6 Å². The summed E-state index contributed by atoms with van der Waals surface area (Å²) in [6, 6.07) is 3.78. The van der Waals surface area contributed by atoms with Gasteiger partial charge >= 0.3 is 0 Å². The highest BCUT2D eigenvalue weighted by molar-refractivity contribution is 14.0. The number of aliphatic imine (C=N–C) groups is 1. The molecule has 0 saturated heterocycles. The van der Waals surface area contributed by atoms with Gasteiger partial charge in [0.05, 0.1) is 33.6 Å². The lowest BCUT2D eigenvalue weighted by molar-refractivity contribution is 0.323. The molecule has 0 radical (unpaired) electrons. The summed E-state index contributed by atoms with van der Waals surface area (Å²) in [6.07, 6.45) is 0.